The molecule has 5 aromatic rings. The summed E-state index contributed by atoms with van der Waals surface area (Å²) in [4.78, 5) is 16.9. The molecule has 0 bridgehead atoms. The Morgan fingerprint density at radius 1 is 1.03 bits per heavy atom. The minimum atomic E-state index is -4.17. The standard InChI is InChI=1S/C27H21BrFN3O6S/c1-36-19-6-3-17(4-7-19)16-31(27-30-11-12-38-27)39(34,35)20-8-9-23-18(13-20)5-10-26(33)32(23)24-15-22(29)21(28)14-25(24)37-2/h3-15H,16H2,1-2H3. The van der Waals surface area contributed by atoms with E-state index >= 15 is 0 Å². The monoisotopic (exact) mass is 613 g/mol. The molecule has 5 rings (SSSR count). The Hall–Kier alpha value is -4.16. The zero-order valence-corrected chi connectivity index (χ0v) is 23.1. The van der Waals surface area contributed by atoms with Crippen LogP contribution in [0.5, 0.6) is 11.5 Å². The van der Waals surface area contributed by atoms with E-state index < -0.39 is 21.4 Å². The Bertz CT molecular complexity index is 1820. The predicted octanol–water partition coefficient (Wildman–Crippen LogP) is 5.29. The summed E-state index contributed by atoms with van der Waals surface area (Å²) in [6, 6.07) is 16.5. The van der Waals surface area contributed by atoms with E-state index in [1.54, 1.807) is 31.4 Å². The topological polar surface area (TPSA) is 104 Å². The highest BCUT2D eigenvalue weighted by Gasteiger charge is 2.29. The number of nitrogens with zero attached hydrogens (tertiary/aromatic N) is 3. The number of sulfonamides is 1. The van der Waals surface area contributed by atoms with Crippen molar-refractivity contribution < 1.29 is 26.7 Å². The maximum atomic E-state index is 14.5. The highest BCUT2D eigenvalue weighted by atomic mass is 79.9. The van der Waals surface area contributed by atoms with E-state index in [1.807, 2.05) is 0 Å². The average Bonchev–Trinajstić information content (AvgIpc) is 3.47. The SMILES string of the molecule is COc1ccc(CN(c2ncco2)S(=O)(=O)c2ccc3c(ccc(=O)n3-c3cc(F)c(Br)cc3OC)c2)cc1. The molecule has 2 heterocycles. The van der Waals surface area contributed by atoms with Crippen molar-refractivity contribution >= 4 is 42.9 Å². The first-order valence-corrected chi connectivity index (χ1v) is 13.7. The third-order valence-electron chi connectivity index (χ3n) is 6.03. The van der Waals surface area contributed by atoms with Crippen LogP contribution in [0.15, 0.2) is 97.8 Å². The van der Waals surface area contributed by atoms with Gasteiger partial charge in [-0.3, -0.25) is 9.36 Å². The third-order valence-corrected chi connectivity index (χ3v) is 8.36. The van der Waals surface area contributed by atoms with Gasteiger partial charge in [0.25, 0.3) is 15.6 Å². The molecule has 0 aliphatic carbocycles. The van der Waals surface area contributed by atoms with Gasteiger partial charge < -0.3 is 13.9 Å². The summed E-state index contributed by atoms with van der Waals surface area (Å²) < 4.78 is 60.6. The Labute approximate surface area is 231 Å². The van der Waals surface area contributed by atoms with Crippen molar-refractivity contribution in [2.24, 2.45) is 0 Å². The fourth-order valence-electron chi connectivity index (χ4n) is 4.11. The van der Waals surface area contributed by atoms with Crippen molar-refractivity contribution in [2.45, 2.75) is 11.4 Å². The first-order chi connectivity index (χ1) is 18.7. The lowest BCUT2D eigenvalue weighted by Gasteiger charge is -2.21. The largest absolute Gasteiger partial charge is 0.497 e. The zero-order chi connectivity index (χ0) is 27.7. The Morgan fingerprint density at radius 2 is 1.79 bits per heavy atom. The second kappa shape index (κ2) is 10.5. The van der Waals surface area contributed by atoms with Crippen LogP contribution in [0.2, 0.25) is 0 Å². The van der Waals surface area contributed by atoms with Crippen LogP contribution in [0.25, 0.3) is 16.6 Å². The number of hydrogen-bond donors (Lipinski definition) is 0. The number of ether oxygens (including phenoxy) is 2. The molecule has 2 aromatic heterocycles. The lowest BCUT2D eigenvalue weighted by Crippen LogP contribution is -2.31. The first kappa shape index (κ1) is 26.4. The second-order valence-corrected chi connectivity index (χ2v) is 11.1. The lowest BCUT2D eigenvalue weighted by atomic mass is 10.2. The summed E-state index contributed by atoms with van der Waals surface area (Å²) in [6.45, 7) is -0.0558. The smallest absolute Gasteiger partial charge is 0.311 e. The number of rotatable bonds is 8. The van der Waals surface area contributed by atoms with Crippen LogP contribution < -0.4 is 19.3 Å². The summed E-state index contributed by atoms with van der Waals surface area (Å²) in [5.74, 6) is 0.297. The number of aromatic nitrogens is 2. The molecule has 3 aromatic carbocycles. The molecule has 0 aliphatic rings. The van der Waals surface area contributed by atoms with Gasteiger partial charge >= 0.3 is 6.01 Å². The quantitative estimate of drug-likeness (QED) is 0.234. The van der Waals surface area contributed by atoms with E-state index in [9.17, 15) is 17.6 Å². The van der Waals surface area contributed by atoms with Gasteiger partial charge in [-0.2, -0.15) is 0 Å². The summed E-state index contributed by atoms with van der Waals surface area (Å²) in [5, 5.41) is 0.429. The minimum Gasteiger partial charge on any atom is -0.497 e. The molecule has 0 spiro atoms. The summed E-state index contributed by atoms with van der Waals surface area (Å²) in [6.07, 6.45) is 2.64. The normalized spacial score (nSPS) is 11.5. The van der Waals surface area contributed by atoms with Gasteiger partial charge in [0.05, 0.1) is 47.5 Å². The van der Waals surface area contributed by atoms with Crippen LogP contribution >= 0.6 is 15.9 Å². The maximum Gasteiger partial charge on any atom is 0.311 e. The molecule has 0 saturated carbocycles. The Balaban J connectivity index is 1.62. The molecule has 12 heteroatoms. The number of halogens is 2. The first-order valence-electron chi connectivity index (χ1n) is 11.5. The van der Waals surface area contributed by atoms with E-state index in [0.717, 1.165) is 4.31 Å². The molecule has 0 N–H and O–H groups in total. The summed E-state index contributed by atoms with van der Waals surface area (Å²) >= 11 is 3.12. The van der Waals surface area contributed by atoms with Gasteiger partial charge in [-0.1, -0.05) is 12.1 Å². The summed E-state index contributed by atoms with van der Waals surface area (Å²) in [5.41, 5.74) is 0.764. The maximum absolute atomic E-state index is 14.5. The van der Waals surface area contributed by atoms with Gasteiger partial charge in [-0.05, 0) is 64.0 Å². The number of pyridine rings is 1. The molecular formula is C27H21BrFN3O6S. The third kappa shape index (κ3) is 5.00. The summed E-state index contributed by atoms with van der Waals surface area (Å²) in [7, 11) is -1.23. The highest BCUT2D eigenvalue weighted by molar-refractivity contribution is 9.10. The molecular weight excluding hydrogens is 593 g/mol. The number of fused-ring (bicyclic) bond motifs is 1. The van der Waals surface area contributed by atoms with E-state index in [4.69, 9.17) is 13.9 Å². The number of anilines is 1. The number of methoxy groups -OCH3 is 2. The molecule has 0 aliphatic heterocycles. The van der Waals surface area contributed by atoms with Crippen molar-refractivity contribution in [3.8, 4) is 17.2 Å². The van der Waals surface area contributed by atoms with E-state index in [0.29, 0.717) is 22.2 Å². The number of benzene rings is 3. The Kier molecular flexibility index (Phi) is 7.15. The second-order valence-electron chi connectivity index (χ2n) is 8.34. The zero-order valence-electron chi connectivity index (χ0n) is 20.7. The van der Waals surface area contributed by atoms with Gasteiger partial charge in [0, 0.05) is 17.5 Å². The van der Waals surface area contributed by atoms with Gasteiger partial charge in [-0.25, -0.2) is 22.1 Å². The van der Waals surface area contributed by atoms with Crippen LogP contribution in [0.3, 0.4) is 0 Å². The highest BCUT2D eigenvalue weighted by Crippen LogP contribution is 2.32. The van der Waals surface area contributed by atoms with Gasteiger partial charge in [0.15, 0.2) is 0 Å². The Morgan fingerprint density at radius 3 is 2.46 bits per heavy atom. The van der Waals surface area contributed by atoms with Crippen LogP contribution in [-0.4, -0.2) is 32.2 Å². The van der Waals surface area contributed by atoms with E-state index in [1.165, 1.54) is 66.6 Å². The van der Waals surface area contributed by atoms with Crippen molar-refractivity contribution in [1.82, 2.24) is 9.55 Å². The minimum absolute atomic E-state index is 0.0548. The van der Waals surface area contributed by atoms with Crippen molar-refractivity contribution in [3.63, 3.8) is 0 Å². The molecule has 0 radical (unpaired) electrons. The van der Waals surface area contributed by atoms with Gasteiger partial charge in [0.1, 0.15) is 23.6 Å². The van der Waals surface area contributed by atoms with Crippen molar-refractivity contribution in [1.29, 1.82) is 0 Å². The lowest BCUT2D eigenvalue weighted by molar-refractivity contribution is 0.411. The predicted molar refractivity (Wildman–Crippen MR) is 147 cm³/mol. The fourth-order valence-corrected chi connectivity index (χ4v) is 5.82. The number of hydrogen-bond acceptors (Lipinski definition) is 7. The van der Waals surface area contributed by atoms with Crippen LogP contribution in [0.1, 0.15) is 5.56 Å². The molecule has 0 amide bonds. The molecule has 0 saturated heterocycles. The fraction of sp³-hybridized carbons (Fsp3) is 0.111. The molecule has 0 atom stereocenters. The van der Waals surface area contributed by atoms with Crippen LogP contribution in [-0.2, 0) is 16.6 Å². The molecule has 0 unspecified atom stereocenters. The van der Waals surface area contributed by atoms with Crippen LogP contribution in [0, 0.1) is 5.82 Å². The van der Waals surface area contributed by atoms with E-state index in [-0.39, 0.29) is 33.4 Å². The molecule has 39 heavy (non-hydrogen) atoms. The molecule has 200 valence electrons. The van der Waals surface area contributed by atoms with Gasteiger partial charge in [0.2, 0.25) is 0 Å². The van der Waals surface area contributed by atoms with Crippen molar-refractivity contribution in [3.05, 3.63) is 105 Å². The average molecular weight is 614 g/mol. The van der Waals surface area contributed by atoms with Gasteiger partial charge in [-0.15, -0.1) is 0 Å². The number of oxazole rings is 1. The molecule has 0 fully saturated rings. The molecule has 9 nitrogen and oxygen atoms in total. The van der Waals surface area contributed by atoms with Crippen molar-refractivity contribution in [2.75, 3.05) is 18.5 Å². The van der Waals surface area contributed by atoms with Crippen LogP contribution in [0.4, 0.5) is 10.4 Å². The van der Waals surface area contributed by atoms with E-state index in [2.05, 4.69) is 20.9 Å².